The largest absolute Gasteiger partial charge is 0.501 e. The molecule has 0 atom stereocenters. The van der Waals surface area contributed by atoms with Crippen molar-refractivity contribution in [3.8, 4) is 0 Å². The van der Waals surface area contributed by atoms with Crippen LogP contribution in [0.4, 0.5) is 0 Å². The number of ether oxygens (including phenoxy) is 2. The minimum absolute atomic E-state index is 0.0418. The summed E-state index contributed by atoms with van der Waals surface area (Å²) in [5, 5.41) is 11.9. The summed E-state index contributed by atoms with van der Waals surface area (Å²) < 4.78 is 11.0. The van der Waals surface area contributed by atoms with Gasteiger partial charge in [0.05, 0.1) is 38.0 Å². The van der Waals surface area contributed by atoms with Gasteiger partial charge in [0, 0.05) is 11.8 Å². The Kier molecular flexibility index (Phi) is 9.19. The van der Waals surface area contributed by atoms with E-state index in [-0.39, 0.29) is 17.7 Å². The maximum atomic E-state index is 12.3. The first kappa shape index (κ1) is 23.4. The molecule has 146 valence electrons. The minimum Gasteiger partial charge on any atom is -0.501 e. The number of amides is 1. The van der Waals surface area contributed by atoms with Crippen molar-refractivity contribution >= 4 is 11.9 Å². The third-order valence-corrected chi connectivity index (χ3v) is 3.41. The lowest BCUT2D eigenvalue weighted by molar-refractivity contribution is -0.140. The standard InChI is InChI=1S/C19H35NO5/c1-8-9-24-12-17(2,3)10-15(21)20-19(6,7)14-25-13-18(4,5)11-16(22)23/h8-9H,10-14H2,1-7H3,(H,20,21)(H,22,23)/b9-8-. The molecule has 25 heavy (non-hydrogen) atoms. The molecule has 6 heteroatoms. The van der Waals surface area contributed by atoms with E-state index in [1.165, 1.54) is 0 Å². The molecule has 0 unspecified atom stereocenters. The second kappa shape index (κ2) is 9.80. The van der Waals surface area contributed by atoms with Crippen LogP contribution in [0.2, 0.25) is 0 Å². The van der Waals surface area contributed by atoms with Gasteiger partial charge < -0.3 is 19.9 Å². The van der Waals surface area contributed by atoms with Crippen LogP contribution in [0.5, 0.6) is 0 Å². The van der Waals surface area contributed by atoms with E-state index in [1.807, 2.05) is 54.5 Å². The van der Waals surface area contributed by atoms with Gasteiger partial charge in [-0.1, -0.05) is 33.8 Å². The number of rotatable bonds is 12. The average molecular weight is 357 g/mol. The Balaban J connectivity index is 4.37. The van der Waals surface area contributed by atoms with Crippen LogP contribution in [0.3, 0.4) is 0 Å². The van der Waals surface area contributed by atoms with Crippen molar-refractivity contribution in [3.05, 3.63) is 12.3 Å². The summed E-state index contributed by atoms with van der Waals surface area (Å²) in [4.78, 5) is 23.1. The first-order chi connectivity index (χ1) is 11.3. The molecule has 1 amide bonds. The lowest BCUT2D eigenvalue weighted by atomic mass is 9.89. The Bertz CT molecular complexity index is 466. The number of carbonyl (C=O) groups excluding carboxylic acids is 1. The Labute approximate surface area is 152 Å². The Morgan fingerprint density at radius 1 is 0.960 bits per heavy atom. The molecule has 0 heterocycles. The molecule has 0 aromatic rings. The van der Waals surface area contributed by atoms with Crippen molar-refractivity contribution in [2.75, 3.05) is 19.8 Å². The molecule has 0 saturated carbocycles. The summed E-state index contributed by atoms with van der Waals surface area (Å²) in [5.74, 6) is -0.906. The normalized spacial score (nSPS) is 13.1. The van der Waals surface area contributed by atoms with Gasteiger partial charge in [-0.25, -0.2) is 0 Å². The molecule has 0 aromatic carbocycles. The van der Waals surface area contributed by atoms with Gasteiger partial charge in [0.15, 0.2) is 0 Å². The van der Waals surface area contributed by atoms with E-state index >= 15 is 0 Å². The third-order valence-electron chi connectivity index (χ3n) is 3.41. The van der Waals surface area contributed by atoms with Crippen LogP contribution in [0, 0.1) is 10.8 Å². The van der Waals surface area contributed by atoms with Crippen LogP contribution >= 0.6 is 0 Å². The molecule has 0 aliphatic heterocycles. The van der Waals surface area contributed by atoms with E-state index in [4.69, 9.17) is 14.6 Å². The van der Waals surface area contributed by atoms with Gasteiger partial charge in [-0.15, -0.1) is 0 Å². The zero-order chi connectivity index (χ0) is 19.7. The van der Waals surface area contributed by atoms with Gasteiger partial charge >= 0.3 is 5.97 Å². The molecule has 0 aliphatic rings. The fraction of sp³-hybridized carbons (Fsp3) is 0.789. The molecule has 0 radical (unpaired) electrons. The minimum atomic E-state index is -0.844. The molecule has 0 bridgehead atoms. The lowest BCUT2D eigenvalue weighted by Gasteiger charge is -2.31. The fourth-order valence-electron chi connectivity index (χ4n) is 2.36. The maximum absolute atomic E-state index is 12.3. The van der Waals surface area contributed by atoms with E-state index in [2.05, 4.69) is 5.32 Å². The van der Waals surface area contributed by atoms with E-state index in [1.54, 1.807) is 6.26 Å². The van der Waals surface area contributed by atoms with Gasteiger partial charge in [0.1, 0.15) is 0 Å². The highest BCUT2D eigenvalue weighted by atomic mass is 16.5. The van der Waals surface area contributed by atoms with Crippen LogP contribution in [0.25, 0.3) is 0 Å². The number of carboxylic acid groups (broad SMARTS) is 1. The summed E-state index contributed by atoms with van der Waals surface area (Å²) in [6.45, 7) is 14.4. The summed E-state index contributed by atoms with van der Waals surface area (Å²) >= 11 is 0. The van der Waals surface area contributed by atoms with Crippen LogP contribution in [0.15, 0.2) is 12.3 Å². The molecule has 0 saturated heterocycles. The lowest BCUT2D eigenvalue weighted by Crippen LogP contribution is -2.48. The Morgan fingerprint density at radius 3 is 2.04 bits per heavy atom. The van der Waals surface area contributed by atoms with Gasteiger partial charge in [-0.05, 0) is 26.2 Å². The van der Waals surface area contributed by atoms with Gasteiger partial charge in [-0.2, -0.15) is 0 Å². The van der Waals surface area contributed by atoms with Gasteiger partial charge in [-0.3, -0.25) is 9.59 Å². The second-order valence-electron chi connectivity index (χ2n) is 8.78. The van der Waals surface area contributed by atoms with Crippen LogP contribution < -0.4 is 5.32 Å². The van der Waals surface area contributed by atoms with Gasteiger partial charge in [0.2, 0.25) is 5.91 Å². The summed E-state index contributed by atoms with van der Waals surface area (Å²) in [6.07, 6.45) is 3.82. The molecule has 0 spiro atoms. The zero-order valence-electron chi connectivity index (χ0n) is 16.8. The highest BCUT2D eigenvalue weighted by Gasteiger charge is 2.28. The van der Waals surface area contributed by atoms with Crippen molar-refractivity contribution in [2.24, 2.45) is 10.8 Å². The monoisotopic (exact) mass is 357 g/mol. The van der Waals surface area contributed by atoms with Crippen LogP contribution in [0.1, 0.15) is 61.3 Å². The highest BCUT2D eigenvalue weighted by molar-refractivity contribution is 5.77. The first-order valence-electron chi connectivity index (χ1n) is 8.62. The predicted molar refractivity (Wildman–Crippen MR) is 98.2 cm³/mol. The first-order valence-corrected chi connectivity index (χ1v) is 8.62. The predicted octanol–water partition coefficient (Wildman–Crippen LogP) is 3.37. The maximum Gasteiger partial charge on any atom is 0.303 e. The Hall–Kier alpha value is -1.56. The molecule has 2 N–H and O–H groups in total. The van der Waals surface area contributed by atoms with Crippen molar-refractivity contribution in [3.63, 3.8) is 0 Å². The topological polar surface area (TPSA) is 84.9 Å². The molecule has 0 aromatic heterocycles. The van der Waals surface area contributed by atoms with Crippen molar-refractivity contribution in [2.45, 2.75) is 66.8 Å². The van der Waals surface area contributed by atoms with E-state index in [9.17, 15) is 9.59 Å². The summed E-state index contributed by atoms with van der Waals surface area (Å²) in [6, 6.07) is 0. The highest BCUT2D eigenvalue weighted by Crippen LogP contribution is 2.23. The molecule has 6 nitrogen and oxygen atoms in total. The second-order valence-corrected chi connectivity index (χ2v) is 8.78. The molecule has 0 rings (SSSR count). The quantitative estimate of drug-likeness (QED) is 0.523. The summed E-state index contributed by atoms with van der Waals surface area (Å²) in [7, 11) is 0. The SMILES string of the molecule is C/C=C\OCC(C)(C)CC(=O)NC(C)(C)COCC(C)(C)CC(=O)O. The number of nitrogens with one attached hydrogen (secondary N) is 1. The Morgan fingerprint density at radius 2 is 1.52 bits per heavy atom. The number of allylic oxidation sites excluding steroid dienone is 1. The number of carboxylic acids is 1. The van der Waals surface area contributed by atoms with Crippen molar-refractivity contribution in [1.82, 2.24) is 5.32 Å². The zero-order valence-corrected chi connectivity index (χ0v) is 16.8. The molecular weight excluding hydrogens is 322 g/mol. The van der Waals surface area contributed by atoms with E-state index < -0.39 is 16.9 Å². The van der Waals surface area contributed by atoms with Crippen molar-refractivity contribution in [1.29, 1.82) is 0 Å². The van der Waals surface area contributed by atoms with E-state index in [0.29, 0.717) is 26.2 Å². The number of hydrogen-bond acceptors (Lipinski definition) is 4. The molecular formula is C19H35NO5. The fourth-order valence-corrected chi connectivity index (χ4v) is 2.36. The molecule has 0 fully saturated rings. The number of hydrogen-bond donors (Lipinski definition) is 2. The summed E-state index contributed by atoms with van der Waals surface area (Å²) in [5.41, 5.74) is -1.25. The average Bonchev–Trinajstić information content (AvgIpc) is 2.34. The number of aliphatic carboxylic acids is 1. The van der Waals surface area contributed by atoms with Gasteiger partial charge in [0.25, 0.3) is 0 Å². The third kappa shape index (κ3) is 12.5. The molecule has 0 aliphatic carbocycles. The van der Waals surface area contributed by atoms with Crippen LogP contribution in [-0.4, -0.2) is 42.3 Å². The van der Waals surface area contributed by atoms with Crippen molar-refractivity contribution < 1.29 is 24.2 Å². The van der Waals surface area contributed by atoms with E-state index in [0.717, 1.165) is 0 Å². The smallest absolute Gasteiger partial charge is 0.303 e. The van der Waals surface area contributed by atoms with Crippen LogP contribution in [-0.2, 0) is 19.1 Å². The number of carbonyl (C=O) groups is 2.